The number of sulfone groups is 1. The van der Waals surface area contributed by atoms with E-state index in [-0.39, 0.29) is 10.6 Å². The van der Waals surface area contributed by atoms with Gasteiger partial charge in [0.25, 0.3) is 0 Å². The number of benzene rings is 1. The molecule has 1 aromatic heterocycles. The van der Waals surface area contributed by atoms with Gasteiger partial charge in [-0.3, -0.25) is 4.98 Å². The summed E-state index contributed by atoms with van der Waals surface area (Å²) in [4.78, 5) is 4.13. The summed E-state index contributed by atoms with van der Waals surface area (Å²) < 4.78 is 24.1. The molecule has 5 heteroatoms. The molecule has 0 saturated carbocycles. The van der Waals surface area contributed by atoms with Gasteiger partial charge in [-0.1, -0.05) is 0 Å². The number of nitrogens with zero attached hydrogens (tertiary/aromatic N) is 1. The molecule has 0 unspecified atom stereocenters. The fourth-order valence-corrected chi connectivity index (χ4v) is 2.81. The van der Waals surface area contributed by atoms with Gasteiger partial charge in [0, 0.05) is 18.1 Å². The van der Waals surface area contributed by atoms with Gasteiger partial charge in [0.05, 0.1) is 10.6 Å². The molecule has 1 heterocycles. The van der Waals surface area contributed by atoms with Crippen LogP contribution in [0.15, 0.2) is 53.7 Å². The van der Waals surface area contributed by atoms with E-state index >= 15 is 0 Å². The van der Waals surface area contributed by atoms with Crippen molar-refractivity contribution >= 4 is 15.5 Å². The van der Waals surface area contributed by atoms with Crippen molar-refractivity contribution in [1.82, 2.24) is 4.98 Å². The summed E-state index contributed by atoms with van der Waals surface area (Å²) in [6.45, 7) is 0. The second-order valence-electron chi connectivity index (χ2n) is 3.68. The summed E-state index contributed by atoms with van der Waals surface area (Å²) in [5, 5.41) is 0. The van der Waals surface area contributed by atoms with Gasteiger partial charge in [-0.05, 0) is 42.0 Å². The average Bonchev–Trinajstić information content (AvgIpc) is 2.30. The van der Waals surface area contributed by atoms with Crippen molar-refractivity contribution in [3.63, 3.8) is 0 Å². The standard InChI is InChI=1S/C12H12N2O2S/c13-11-1-3-12(4-2-11)17(15,16)9-10-5-7-14-8-6-10/h1-8H,9,13H2. The van der Waals surface area contributed by atoms with Crippen LogP contribution in [0.3, 0.4) is 0 Å². The van der Waals surface area contributed by atoms with Gasteiger partial charge in [-0.15, -0.1) is 0 Å². The number of hydrogen-bond acceptors (Lipinski definition) is 4. The summed E-state index contributed by atoms with van der Waals surface area (Å²) in [5.41, 5.74) is 6.79. The van der Waals surface area contributed by atoms with Crippen LogP contribution in [0.5, 0.6) is 0 Å². The Morgan fingerprint density at radius 2 is 1.59 bits per heavy atom. The van der Waals surface area contributed by atoms with Crippen molar-refractivity contribution in [2.75, 3.05) is 5.73 Å². The minimum atomic E-state index is -3.31. The number of aromatic nitrogens is 1. The van der Waals surface area contributed by atoms with E-state index in [9.17, 15) is 8.42 Å². The smallest absolute Gasteiger partial charge is 0.182 e. The second kappa shape index (κ2) is 4.55. The lowest BCUT2D eigenvalue weighted by molar-refractivity contribution is 0.595. The fraction of sp³-hybridized carbons (Fsp3) is 0.0833. The van der Waals surface area contributed by atoms with Gasteiger partial charge >= 0.3 is 0 Å². The summed E-state index contributed by atoms with van der Waals surface area (Å²) in [5.74, 6) is -0.0283. The molecule has 0 radical (unpaired) electrons. The Kier molecular flexibility index (Phi) is 3.10. The second-order valence-corrected chi connectivity index (χ2v) is 5.67. The van der Waals surface area contributed by atoms with Crippen molar-refractivity contribution in [2.45, 2.75) is 10.6 Å². The number of anilines is 1. The molecule has 0 spiro atoms. The van der Waals surface area contributed by atoms with Crippen LogP contribution in [-0.2, 0) is 15.6 Å². The lowest BCUT2D eigenvalue weighted by Crippen LogP contribution is -2.05. The van der Waals surface area contributed by atoms with Crippen molar-refractivity contribution in [3.05, 3.63) is 54.4 Å². The van der Waals surface area contributed by atoms with E-state index in [1.165, 1.54) is 12.1 Å². The molecule has 0 aliphatic carbocycles. The van der Waals surface area contributed by atoms with Crippen LogP contribution in [0, 0.1) is 0 Å². The zero-order chi connectivity index (χ0) is 12.3. The molecular formula is C12H12N2O2S. The predicted octanol–water partition coefficient (Wildman–Crippen LogP) is 1.64. The molecule has 0 amide bonds. The van der Waals surface area contributed by atoms with E-state index in [2.05, 4.69) is 4.98 Å². The van der Waals surface area contributed by atoms with E-state index in [0.717, 1.165) is 5.56 Å². The first-order valence-electron chi connectivity index (χ1n) is 5.05. The minimum Gasteiger partial charge on any atom is -0.399 e. The molecule has 0 saturated heterocycles. The first-order valence-corrected chi connectivity index (χ1v) is 6.70. The maximum Gasteiger partial charge on any atom is 0.182 e. The quantitative estimate of drug-likeness (QED) is 0.838. The van der Waals surface area contributed by atoms with Gasteiger partial charge in [0.15, 0.2) is 9.84 Å². The Balaban J connectivity index is 2.29. The molecule has 0 fully saturated rings. The number of nitrogens with two attached hydrogens (primary N) is 1. The van der Waals surface area contributed by atoms with Gasteiger partial charge in [0.2, 0.25) is 0 Å². The zero-order valence-electron chi connectivity index (χ0n) is 9.08. The molecule has 0 aliphatic heterocycles. The maximum absolute atomic E-state index is 12.1. The molecule has 88 valence electrons. The molecule has 4 nitrogen and oxygen atoms in total. The topological polar surface area (TPSA) is 73.1 Å². The van der Waals surface area contributed by atoms with E-state index in [0.29, 0.717) is 5.69 Å². The molecule has 17 heavy (non-hydrogen) atoms. The van der Waals surface area contributed by atoms with Gasteiger partial charge in [-0.25, -0.2) is 8.42 Å². The summed E-state index contributed by atoms with van der Waals surface area (Å²) in [6, 6.07) is 9.58. The highest BCUT2D eigenvalue weighted by Gasteiger charge is 2.14. The molecular weight excluding hydrogens is 236 g/mol. The molecule has 0 aliphatic rings. The summed E-state index contributed by atoms with van der Waals surface area (Å²) in [7, 11) is -3.31. The molecule has 2 N–H and O–H groups in total. The van der Waals surface area contributed by atoms with Crippen molar-refractivity contribution in [2.24, 2.45) is 0 Å². The summed E-state index contributed by atoms with van der Waals surface area (Å²) >= 11 is 0. The number of rotatable bonds is 3. The molecule has 0 bridgehead atoms. The third-order valence-corrected chi connectivity index (χ3v) is 4.05. The highest BCUT2D eigenvalue weighted by atomic mass is 32.2. The van der Waals surface area contributed by atoms with Crippen LogP contribution < -0.4 is 5.73 Å². The minimum absolute atomic E-state index is 0.0283. The van der Waals surface area contributed by atoms with Crippen molar-refractivity contribution < 1.29 is 8.42 Å². The SMILES string of the molecule is Nc1ccc(S(=O)(=O)Cc2ccncc2)cc1. The highest BCUT2D eigenvalue weighted by molar-refractivity contribution is 7.90. The van der Waals surface area contributed by atoms with Crippen LogP contribution in [0.25, 0.3) is 0 Å². The Morgan fingerprint density at radius 1 is 1.00 bits per heavy atom. The summed E-state index contributed by atoms with van der Waals surface area (Å²) in [6.07, 6.45) is 3.15. The van der Waals surface area contributed by atoms with E-state index in [1.54, 1.807) is 36.7 Å². The molecule has 1 aromatic carbocycles. The van der Waals surface area contributed by atoms with E-state index in [1.807, 2.05) is 0 Å². The fourth-order valence-electron chi connectivity index (χ4n) is 1.46. The van der Waals surface area contributed by atoms with E-state index in [4.69, 9.17) is 5.73 Å². The zero-order valence-corrected chi connectivity index (χ0v) is 9.89. The van der Waals surface area contributed by atoms with E-state index < -0.39 is 9.84 Å². The van der Waals surface area contributed by atoms with Crippen LogP contribution in [-0.4, -0.2) is 13.4 Å². The molecule has 2 aromatic rings. The average molecular weight is 248 g/mol. The van der Waals surface area contributed by atoms with Crippen molar-refractivity contribution in [1.29, 1.82) is 0 Å². The van der Waals surface area contributed by atoms with Crippen LogP contribution >= 0.6 is 0 Å². The van der Waals surface area contributed by atoms with Gasteiger partial charge in [-0.2, -0.15) is 0 Å². The third-order valence-electron chi connectivity index (χ3n) is 2.35. The van der Waals surface area contributed by atoms with Crippen LogP contribution in [0.2, 0.25) is 0 Å². The Hall–Kier alpha value is -1.88. The first-order chi connectivity index (χ1) is 8.08. The van der Waals surface area contributed by atoms with Gasteiger partial charge in [0.1, 0.15) is 0 Å². The lowest BCUT2D eigenvalue weighted by Gasteiger charge is -2.04. The third kappa shape index (κ3) is 2.82. The lowest BCUT2D eigenvalue weighted by atomic mass is 10.3. The Morgan fingerprint density at radius 3 is 2.18 bits per heavy atom. The highest BCUT2D eigenvalue weighted by Crippen LogP contribution is 2.17. The Labute approximate surface area is 100 Å². The number of nitrogen functional groups attached to an aromatic ring is 1. The van der Waals surface area contributed by atoms with Crippen LogP contribution in [0.1, 0.15) is 5.56 Å². The maximum atomic E-state index is 12.1. The van der Waals surface area contributed by atoms with Gasteiger partial charge < -0.3 is 5.73 Å². The number of hydrogen-bond donors (Lipinski definition) is 1. The molecule has 2 rings (SSSR count). The normalized spacial score (nSPS) is 11.3. The number of pyridine rings is 1. The predicted molar refractivity (Wildman–Crippen MR) is 66.0 cm³/mol. The monoisotopic (exact) mass is 248 g/mol. The first kappa shape index (κ1) is 11.6. The van der Waals surface area contributed by atoms with Crippen LogP contribution in [0.4, 0.5) is 5.69 Å². The largest absolute Gasteiger partial charge is 0.399 e. The Bertz CT molecular complexity index is 592. The molecule has 0 atom stereocenters. The van der Waals surface area contributed by atoms with Crippen molar-refractivity contribution in [3.8, 4) is 0 Å².